The Morgan fingerprint density at radius 1 is 1.14 bits per heavy atom. The van der Waals surface area contributed by atoms with Crippen molar-refractivity contribution >= 4 is 33.0 Å². The predicted molar refractivity (Wildman–Crippen MR) is 77.8 cm³/mol. The molecule has 0 saturated heterocycles. The lowest BCUT2D eigenvalue weighted by molar-refractivity contribution is 0.599. The number of benzene rings is 2. The second kappa shape index (κ2) is 5.50. The molecule has 112 valence electrons. The van der Waals surface area contributed by atoms with Crippen LogP contribution >= 0.6 is 11.6 Å². The Hall–Kier alpha value is -1.86. The lowest BCUT2D eigenvalue weighted by Crippen LogP contribution is -2.15. The molecule has 0 aliphatic heterocycles. The van der Waals surface area contributed by atoms with E-state index in [9.17, 15) is 17.2 Å². The fourth-order valence-electron chi connectivity index (χ4n) is 1.78. The van der Waals surface area contributed by atoms with Crippen molar-refractivity contribution in [1.29, 1.82) is 0 Å². The average molecular weight is 333 g/mol. The minimum absolute atomic E-state index is 0.0395. The third-order valence-corrected chi connectivity index (χ3v) is 4.44. The van der Waals surface area contributed by atoms with Gasteiger partial charge in [-0.1, -0.05) is 11.6 Å². The summed E-state index contributed by atoms with van der Waals surface area (Å²) in [7, 11) is -4.04. The summed E-state index contributed by atoms with van der Waals surface area (Å²) in [6, 6.07) is 5.30. The van der Waals surface area contributed by atoms with Crippen molar-refractivity contribution in [3.63, 3.8) is 0 Å². The molecule has 8 heteroatoms. The second-order valence-electron chi connectivity index (χ2n) is 4.40. The van der Waals surface area contributed by atoms with E-state index in [4.69, 9.17) is 17.3 Å². The van der Waals surface area contributed by atoms with E-state index in [0.717, 1.165) is 24.3 Å². The monoisotopic (exact) mass is 332 g/mol. The van der Waals surface area contributed by atoms with Gasteiger partial charge >= 0.3 is 0 Å². The molecular formula is C13H11ClF2N2O2S. The Balaban J connectivity index is 2.45. The zero-order valence-electron chi connectivity index (χ0n) is 10.8. The summed E-state index contributed by atoms with van der Waals surface area (Å²) in [6.45, 7) is 1.43. The molecule has 0 atom stereocenters. The van der Waals surface area contributed by atoms with Crippen LogP contribution in [0.15, 0.2) is 35.2 Å². The molecule has 0 aromatic heterocycles. The highest BCUT2D eigenvalue weighted by Crippen LogP contribution is 2.25. The molecule has 0 aliphatic carbocycles. The van der Waals surface area contributed by atoms with E-state index in [1.165, 1.54) is 13.0 Å². The Bertz CT molecular complexity index is 790. The van der Waals surface area contributed by atoms with Crippen LogP contribution < -0.4 is 10.5 Å². The molecule has 0 heterocycles. The molecule has 0 amide bonds. The molecule has 4 nitrogen and oxygen atoms in total. The van der Waals surface area contributed by atoms with Crippen molar-refractivity contribution in [2.45, 2.75) is 11.8 Å². The molecule has 2 aromatic rings. The van der Waals surface area contributed by atoms with Gasteiger partial charge in [0.1, 0.15) is 11.6 Å². The molecule has 0 unspecified atom stereocenters. The number of aryl methyl sites for hydroxylation is 1. The molecular weight excluding hydrogens is 322 g/mol. The maximum Gasteiger partial charge on any atom is 0.262 e. The van der Waals surface area contributed by atoms with Gasteiger partial charge in [-0.05, 0) is 42.8 Å². The van der Waals surface area contributed by atoms with E-state index in [0.29, 0.717) is 0 Å². The van der Waals surface area contributed by atoms with Crippen LogP contribution in [0, 0.1) is 18.6 Å². The number of sulfonamides is 1. The zero-order chi connectivity index (χ0) is 15.8. The first-order valence-corrected chi connectivity index (χ1v) is 7.60. The molecule has 0 radical (unpaired) electrons. The van der Waals surface area contributed by atoms with Crippen LogP contribution in [-0.2, 0) is 10.0 Å². The van der Waals surface area contributed by atoms with Gasteiger partial charge in [-0.25, -0.2) is 17.2 Å². The van der Waals surface area contributed by atoms with E-state index < -0.39 is 21.7 Å². The summed E-state index contributed by atoms with van der Waals surface area (Å²) in [4.78, 5) is -0.193. The van der Waals surface area contributed by atoms with Gasteiger partial charge in [-0.2, -0.15) is 0 Å². The fraction of sp³-hybridized carbons (Fsp3) is 0.0769. The number of anilines is 2. The van der Waals surface area contributed by atoms with Gasteiger partial charge in [0.05, 0.1) is 16.3 Å². The first-order valence-electron chi connectivity index (χ1n) is 5.73. The maximum atomic E-state index is 13.3. The fourth-order valence-corrected chi connectivity index (χ4v) is 3.31. The van der Waals surface area contributed by atoms with Crippen LogP contribution in [0.5, 0.6) is 0 Å². The highest BCUT2D eigenvalue weighted by Gasteiger charge is 2.19. The predicted octanol–water partition coefficient (Wildman–Crippen LogP) is 3.31. The molecule has 0 spiro atoms. The molecule has 0 fully saturated rings. The average Bonchev–Trinajstić information content (AvgIpc) is 2.31. The summed E-state index contributed by atoms with van der Waals surface area (Å²) in [5.74, 6) is -1.39. The Kier molecular flexibility index (Phi) is 4.06. The zero-order valence-corrected chi connectivity index (χ0v) is 12.4. The number of nitrogens with one attached hydrogen (secondary N) is 1. The van der Waals surface area contributed by atoms with Gasteiger partial charge in [-0.15, -0.1) is 0 Å². The smallest absolute Gasteiger partial charge is 0.262 e. The van der Waals surface area contributed by atoms with Crippen molar-refractivity contribution < 1.29 is 17.2 Å². The van der Waals surface area contributed by atoms with Gasteiger partial charge in [0.2, 0.25) is 0 Å². The van der Waals surface area contributed by atoms with Crippen LogP contribution in [0.3, 0.4) is 0 Å². The highest BCUT2D eigenvalue weighted by molar-refractivity contribution is 7.92. The summed E-state index contributed by atoms with van der Waals surface area (Å²) in [6.07, 6.45) is 0. The summed E-state index contributed by atoms with van der Waals surface area (Å²) < 4.78 is 53.2. The Labute approximate surface area is 125 Å². The number of hydrogen-bond donors (Lipinski definition) is 2. The first-order chi connectivity index (χ1) is 9.69. The lowest BCUT2D eigenvalue weighted by atomic mass is 10.2. The molecule has 0 bridgehead atoms. The molecule has 2 rings (SSSR count). The second-order valence-corrected chi connectivity index (χ2v) is 6.49. The van der Waals surface area contributed by atoms with Gasteiger partial charge in [-0.3, -0.25) is 4.72 Å². The largest absolute Gasteiger partial charge is 0.396 e. The van der Waals surface area contributed by atoms with Gasteiger partial charge in [0.25, 0.3) is 10.0 Å². The van der Waals surface area contributed by atoms with Crippen molar-refractivity contribution in [2.24, 2.45) is 0 Å². The Morgan fingerprint density at radius 2 is 1.81 bits per heavy atom. The number of hydrogen-bond acceptors (Lipinski definition) is 3. The minimum atomic E-state index is -4.04. The minimum Gasteiger partial charge on any atom is -0.396 e. The summed E-state index contributed by atoms with van der Waals surface area (Å²) in [5, 5.41) is 0.0445. The van der Waals surface area contributed by atoms with Crippen molar-refractivity contribution in [3.8, 4) is 0 Å². The number of halogens is 3. The van der Waals surface area contributed by atoms with E-state index >= 15 is 0 Å². The molecule has 0 aliphatic rings. The van der Waals surface area contributed by atoms with Crippen molar-refractivity contribution in [1.82, 2.24) is 0 Å². The van der Waals surface area contributed by atoms with Crippen LogP contribution in [0.2, 0.25) is 5.02 Å². The van der Waals surface area contributed by atoms with Gasteiger partial charge in [0.15, 0.2) is 0 Å². The number of rotatable bonds is 3. The molecule has 0 saturated carbocycles. The molecule has 3 N–H and O–H groups in total. The third kappa shape index (κ3) is 3.43. The third-order valence-electron chi connectivity index (χ3n) is 2.70. The standard InChI is InChI=1S/C13H11ClF2N2O2S/c1-7-2-11(16)12(17)6-13(7)21(19,20)18-10-4-8(14)3-9(15)5-10/h2-6,18H,17H2,1H3. The topological polar surface area (TPSA) is 72.2 Å². The van der Waals surface area contributed by atoms with Gasteiger partial charge < -0.3 is 5.73 Å². The van der Waals surface area contributed by atoms with E-state index in [2.05, 4.69) is 4.72 Å². The molecule has 2 aromatic carbocycles. The van der Waals surface area contributed by atoms with E-state index in [-0.39, 0.29) is 26.9 Å². The maximum absolute atomic E-state index is 13.3. The number of nitrogens with two attached hydrogens (primary N) is 1. The van der Waals surface area contributed by atoms with Crippen LogP contribution in [0.4, 0.5) is 20.2 Å². The van der Waals surface area contributed by atoms with Crippen LogP contribution in [0.25, 0.3) is 0 Å². The Morgan fingerprint density at radius 3 is 2.43 bits per heavy atom. The normalized spacial score (nSPS) is 11.4. The quantitative estimate of drug-likeness (QED) is 0.847. The van der Waals surface area contributed by atoms with Crippen LogP contribution in [-0.4, -0.2) is 8.42 Å². The van der Waals surface area contributed by atoms with E-state index in [1.54, 1.807) is 0 Å². The SMILES string of the molecule is Cc1cc(F)c(N)cc1S(=O)(=O)Nc1cc(F)cc(Cl)c1. The highest BCUT2D eigenvalue weighted by atomic mass is 35.5. The first kappa shape index (κ1) is 15.5. The van der Waals surface area contributed by atoms with Crippen molar-refractivity contribution in [3.05, 3.63) is 52.6 Å². The van der Waals surface area contributed by atoms with Crippen LogP contribution in [0.1, 0.15) is 5.56 Å². The number of nitrogen functional groups attached to an aromatic ring is 1. The van der Waals surface area contributed by atoms with Gasteiger partial charge in [0, 0.05) is 5.02 Å². The van der Waals surface area contributed by atoms with Crippen molar-refractivity contribution in [2.75, 3.05) is 10.5 Å². The lowest BCUT2D eigenvalue weighted by Gasteiger charge is -2.12. The summed E-state index contributed by atoms with van der Waals surface area (Å²) >= 11 is 5.66. The van der Waals surface area contributed by atoms with E-state index in [1.807, 2.05) is 0 Å². The molecule has 21 heavy (non-hydrogen) atoms. The summed E-state index contributed by atoms with van der Waals surface area (Å²) in [5.41, 5.74) is 5.22.